The number of hydrogen-bond donors (Lipinski definition) is 0. The van der Waals surface area contributed by atoms with Crippen LogP contribution in [-0.2, 0) is 11.2 Å². The summed E-state index contributed by atoms with van der Waals surface area (Å²) >= 11 is 1.82. The van der Waals surface area contributed by atoms with Crippen molar-refractivity contribution >= 4 is 33.9 Å². The molecule has 0 spiro atoms. The molecular weight excluding hydrogens is 490 g/mol. The Morgan fingerprint density at radius 3 is 2.53 bits per heavy atom. The van der Waals surface area contributed by atoms with Crippen molar-refractivity contribution in [2.75, 3.05) is 32.7 Å². The van der Waals surface area contributed by atoms with E-state index in [9.17, 15) is 9.59 Å². The van der Waals surface area contributed by atoms with Crippen molar-refractivity contribution in [1.82, 2.24) is 14.7 Å². The SMILES string of the molecule is Cc1ccccc1C1c2ccsc2CCN1CC(=O)N1CCN(C(=O)c2cccc3ccccc23)C(C)C1. The lowest BCUT2D eigenvalue weighted by Gasteiger charge is -2.42. The Labute approximate surface area is 228 Å². The van der Waals surface area contributed by atoms with Crippen molar-refractivity contribution in [3.05, 3.63) is 105 Å². The molecular formula is C32H33N3O2S. The van der Waals surface area contributed by atoms with Crippen molar-refractivity contribution in [2.24, 2.45) is 0 Å². The topological polar surface area (TPSA) is 43.9 Å². The van der Waals surface area contributed by atoms with Crippen LogP contribution < -0.4 is 0 Å². The fourth-order valence-electron chi connectivity index (χ4n) is 6.12. The Balaban J connectivity index is 1.17. The number of rotatable bonds is 4. The first-order chi connectivity index (χ1) is 18.5. The standard InChI is InChI=1S/C32H33N3O2S/c1-22-8-3-5-11-25(22)31-28-15-19-38-29(28)14-16-34(31)21-30(36)33-17-18-35(23(2)20-33)32(37)27-13-7-10-24-9-4-6-12-26(24)27/h3-13,15,19,23,31H,14,16-18,20-21H2,1-2H3. The number of fused-ring (bicyclic) bond motifs is 2. The smallest absolute Gasteiger partial charge is 0.254 e. The molecule has 194 valence electrons. The van der Waals surface area contributed by atoms with Gasteiger partial charge in [-0.15, -0.1) is 11.3 Å². The highest BCUT2D eigenvalue weighted by Gasteiger charge is 2.35. The molecule has 2 atom stereocenters. The zero-order chi connectivity index (χ0) is 26.2. The highest BCUT2D eigenvalue weighted by Crippen LogP contribution is 2.38. The summed E-state index contributed by atoms with van der Waals surface area (Å²) in [6.45, 7) is 7.13. The summed E-state index contributed by atoms with van der Waals surface area (Å²) < 4.78 is 0. The van der Waals surface area contributed by atoms with E-state index < -0.39 is 0 Å². The van der Waals surface area contributed by atoms with E-state index in [1.54, 1.807) is 0 Å². The van der Waals surface area contributed by atoms with Gasteiger partial charge < -0.3 is 9.80 Å². The average Bonchev–Trinajstić information content (AvgIpc) is 3.42. The number of piperazine rings is 1. The van der Waals surface area contributed by atoms with Gasteiger partial charge >= 0.3 is 0 Å². The molecule has 38 heavy (non-hydrogen) atoms. The van der Waals surface area contributed by atoms with E-state index in [1.807, 2.05) is 63.6 Å². The number of thiophene rings is 1. The van der Waals surface area contributed by atoms with Gasteiger partial charge in [-0.2, -0.15) is 0 Å². The van der Waals surface area contributed by atoms with E-state index in [-0.39, 0.29) is 23.9 Å². The van der Waals surface area contributed by atoms with Crippen LogP contribution in [0.1, 0.15) is 44.9 Å². The van der Waals surface area contributed by atoms with Gasteiger partial charge in [0.25, 0.3) is 5.91 Å². The lowest BCUT2D eigenvalue weighted by molar-refractivity contribution is -0.135. The molecule has 0 radical (unpaired) electrons. The maximum atomic E-state index is 13.6. The minimum atomic E-state index is -0.0452. The van der Waals surface area contributed by atoms with Crippen LogP contribution in [0.3, 0.4) is 0 Å². The Hall–Kier alpha value is -3.48. The van der Waals surface area contributed by atoms with E-state index in [1.165, 1.54) is 21.6 Å². The van der Waals surface area contributed by atoms with Gasteiger partial charge in [0.05, 0.1) is 12.6 Å². The van der Waals surface area contributed by atoms with Gasteiger partial charge in [-0.05, 0) is 65.2 Å². The second-order valence-corrected chi connectivity index (χ2v) is 11.5. The average molecular weight is 524 g/mol. The van der Waals surface area contributed by atoms with Crippen LogP contribution in [-0.4, -0.2) is 65.3 Å². The van der Waals surface area contributed by atoms with Crippen LogP contribution in [0, 0.1) is 6.92 Å². The molecule has 6 rings (SSSR count). The van der Waals surface area contributed by atoms with Gasteiger partial charge in [0.1, 0.15) is 0 Å². The molecule has 3 heterocycles. The van der Waals surface area contributed by atoms with Crippen LogP contribution in [0.15, 0.2) is 78.2 Å². The first-order valence-electron chi connectivity index (χ1n) is 13.4. The number of carbonyl (C=O) groups is 2. The van der Waals surface area contributed by atoms with E-state index >= 15 is 0 Å². The molecule has 5 nitrogen and oxygen atoms in total. The Morgan fingerprint density at radius 2 is 1.68 bits per heavy atom. The van der Waals surface area contributed by atoms with Crippen molar-refractivity contribution in [2.45, 2.75) is 32.4 Å². The summed E-state index contributed by atoms with van der Waals surface area (Å²) in [5.74, 6) is 0.188. The number of amides is 2. The minimum absolute atomic E-state index is 0.0435. The fourth-order valence-corrected chi connectivity index (χ4v) is 7.03. The normalized spacial score (nSPS) is 19.9. The monoisotopic (exact) mass is 523 g/mol. The molecule has 1 fully saturated rings. The van der Waals surface area contributed by atoms with Crippen LogP contribution in [0.5, 0.6) is 0 Å². The van der Waals surface area contributed by atoms with Crippen LogP contribution in [0.2, 0.25) is 0 Å². The maximum absolute atomic E-state index is 13.6. The summed E-state index contributed by atoms with van der Waals surface area (Å²) in [6, 6.07) is 24.7. The maximum Gasteiger partial charge on any atom is 0.254 e. The molecule has 0 saturated carbocycles. The number of aryl methyl sites for hydroxylation is 1. The summed E-state index contributed by atoms with van der Waals surface area (Å²) in [5.41, 5.74) is 4.60. The fraction of sp³-hybridized carbons (Fsp3) is 0.312. The quantitative estimate of drug-likeness (QED) is 0.353. The summed E-state index contributed by atoms with van der Waals surface area (Å²) in [6.07, 6.45) is 0.979. The molecule has 6 heteroatoms. The first kappa shape index (κ1) is 24.8. The Morgan fingerprint density at radius 1 is 0.895 bits per heavy atom. The van der Waals surface area contributed by atoms with Gasteiger partial charge in [0.15, 0.2) is 0 Å². The molecule has 3 aromatic carbocycles. The van der Waals surface area contributed by atoms with Gasteiger partial charge in [0, 0.05) is 42.7 Å². The van der Waals surface area contributed by atoms with E-state index in [0.717, 1.165) is 29.3 Å². The first-order valence-corrected chi connectivity index (χ1v) is 14.3. The molecule has 2 aliphatic rings. The van der Waals surface area contributed by atoms with E-state index in [4.69, 9.17) is 0 Å². The Bertz CT molecular complexity index is 1490. The zero-order valence-corrected chi connectivity index (χ0v) is 22.8. The lowest BCUT2D eigenvalue weighted by Crippen LogP contribution is -2.57. The Kier molecular flexibility index (Phi) is 6.76. The van der Waals surface area contributed by atoms with Crippen LogP contribution in [0.25, 0.3) is 10.8 Å². The molecule has 1 saturated heterocycles. The van der Waals surface area contributed by atoms with Crippen molar-refractivity contribution < 1.29 is 9.59 Å². The molecule has 2 aliphatic heterocycles. The zero-order valence-electron chi connectivity index (χ0n) is 22.0. The van der Waals surface area contributed by atoms with E-state index in [0.29, 0.717) is 26.2 Å². The lowest BCUT2D eigenvalue weighted by atomic mass is 9.90. The number of carbonyl (C=O) groups excluding carboxylic acids is 2. The van der Waals surface area contributed by atoms with Gasteiger partial charge in [0.2, 0.25) is 5.91 Å². The molecule has 1 aromatic heterocycles. The van der Waals surface area contributed by atoms with Gasteiger partial charge in [-0.25, -0.2) is 0 Å². The highest BCUT2D eigenvalue weighted by molar-refractivity contribution is 7.10. The second kappa shape index (κ2) is 10.4. The number of nitrogens with zero attached hydrogens (tertiary/aromatic N) is 3. The molecule has 2 unspecified atom stereocenters. The molecule has 2 amide bonds. The minimum Gasteiger partial charge on any atom is -0.338 e. The van der Waals surface area contributed by atoms with Crippen molar-refractivity contribution in [1.29, 1.82) is 0 Å². The van der Waals surface area contributed by atoms with Crippen molar-refractivity contribution in [3.63, 3.8) is 0 Å². The van der Waals surface area contributed by atoms with Gasteiger partial charge in [-0.1, -0.05) is 60.7 Å². The molecule has 0 aliphatic carbocycles. The second-order valence-electron chi connectivity index (χ2n) is 10.5. The largest absolute Gasteiger partial charge is 0.338 e. The summed E-state index contributed by atoms with van der Waals surface area (Å²) in [4.78, 5) is 34.8. The predicted octanol–water partition coefficient (Wildman–Crippen LogP) is 5.53. The third-order valence-corrected chi connectivity index (χ3v) is 9.14. The summed E-state index contributed by atoms with van der Waals surface area (Å²) in [7, 11) is 0. The number of hydrogen-bond acceptors (Lipinski definition) is 4. The molecule has 4 aromatic rings. The van der Waals surface area contributed by atoms with Crippen LogP contribution >= 0.6 is 11.3 Å². The highest BCUT2D eigenvalue weighted by atomic mass is 32.1. The third kappa shape index (κ3) is 4.52. The molecule has 0 N–H and O–H groups in total. The van der Waals surface area contributed by atoms with E-state index in [2.05, 4.69) is 54.5 Å². The summed E-state index contributed by atoms with van der Waals surface area (Å²) in [5, 5.41) is 4.22. The predicted molar refractivity (Wildman–Crippen MR) is 154 cm³/mol. The third-order valence-electron chi connectivity index (χ3n) is 8.15. The number of benzene rings is 3. The molecule has 0 bridgehead atoms. The van der Waals surface area contributed by atoms with Gasteiger partial charge in [-0.3, -0.25) is 14.5 Å². The van der Waals surface area contributed by atoms with Crippen molar-refractivity contribution in [3.8, 4) is 0 Å². The van der Waals surface area contributed by atoms with Crippen LogP contribution in [0.4, 0.5) is 0 Å².